The predicted octanol–water partition coefficient (Wildman–Crippen LogP) is 1.29. The van der Waals surface area contributed by atoms with E-state index in [1.54, 1.807) is 12.0 Å². The Labute approximate surface area is 142 Å². The van der Waals surface area contributed by atoms with Gasteiger partial charge in [-0.3, -0.25) is 9.59 Å². The molecule has 0 radical (unpaired) electrons. The lowest BCUT2D eigenvalue weighted by Crippen LogP contribution is -2.49. The van der Waals surface area contributed by atoms with Gasteiger partial charge in [-0.25, -0.2) is 0 Å². The Balaban J connectivity index is 1.64. The number of likely N-dealkylation sites (tertiary alicyclic amines) is 1. The van der Waals surface area contributed by atoms with E-state index in [1.165, 1.54) is 0 Å². The molecule has 0 bridgehead atoms. The molecular weight excluding hydrogens is 308 g/mol. The van der Waals surface area contributed by atoms with E-state index in [-0.39, 0.29) is 17.7 Å². The van der Waals surface area contributed by atoms with E-state index >= 15 is 0 Å². The maximum Gasteiger partial charge on any atom is 0.227 e. The number of piperidine rings is 1. The lowest BCUT2D eigenvalue weighted by molar-refractivity contribution is -0.146. The average molecular weight is 332 g/mol. The summed E-state index contributed by atoms with van der Waals surface area (Å²) in [5.74, 6) is 0.939. The highest BCUT2D eigenvalue weighted by Gasteiger charge is 2.33. The molecule has 1 aromatic carbocycles. The molecule has 3 rings (SSSR count). The van der Waals surface area contributed by atoms with Crippen LogP contribution in [0.2, 0.25) is 0 Å². The molecule has 2 heterocycles. The molecule has 0 aromatic heterocycles. The van der Waals surface area contributed by atoms with Crippen LogP contribution in [0, 0.1) is 5.92 Å². The summed E-state index contributed by atoms with van der Waals surface area (Å²) >= 11 is 0. The number of carbonyl (C=O) groups excluding carboxylic acids is 2. The van der Waals surface area contributed by atoms with Crippen LogP contribution < -0.4 is 4.74 Å². The monoisotopic (exact) mass is 332 g/mol. The van der Waals surface area contributed by atoms with Gasteiger partial charge in [0.1, 0.15) is 5.75 Å². The summed E-state index contributed by atoms with van der Waals surface area (Å²) in [5.41, 5.74) is 1.02. The minimum absolute atomic E-state index is 0.105. The van der Waals surface area contributed by atoms with Crippen LogP contribution in [0.1, 0.15) is 18.4 Å². The molecule has 2 aliphatic rings. The summed E-state index contributed by atoms with van der Waals surface area (Å²) < 4.78 is 10.5. The number of nitrogens with zero attached hydrogens (tertiary/aromatic N) is 2. The fourth-order valence-corrected chi connectivity index (χ4v) is 3.30. The van der Waals surface area contributed by atoms with Gasteiger partial charge in [-0.05, 0) is 24.1 Å². The first-order valence-corrected chi connectivity index (χ1v) is 8.44. The second kappa shape index (κ2) is 7.66. The third kappa shape index (κ3) is 3.87. The van der Waals surface area contributed by atoms with E-state index in [0.717, 1.165) is 11.3 Å². The zero-order chi connectivity index (χ0) is 16.9. The fourth-order valence-electron chi connectivity index (χ4n) is 3.30. The van der Waals surface area contributed by atoms with Crippen LogP contribution in [0.25, 0.3) is 0 Å². The van der Waals surface area contributed by atoms with Gasteiger partial charge in [0.2, 0.25) is 11.8 Å². The quantitative estimate of drug-likeness (QED) is 0.834. The molecule has 2 amide bonds. The summed E-state index contributed by atoms with van der Waals surface area (Å²) in [4.78, 5) is 28.6. The van der Waals surface area contributed by atoms with Crippen molar-refractivity contribution in [2.75, 3.05) is 40.0 Å². The van der Waals surface area contributed by atoms with E-state index in [4.69, 9.17) is 9.47 Å². The van der Waals surface area contributed by atoms with Crippen molar-refractivity contribution in [1.82, 2.24) is 9.80 Å². The molecule has 2 aliphatic heterocycles. The molecule has 1 aromatic rings. The van der Waals surface area contributed by atoms with Gasteiger partial charge in [0.05, 0.1) is 26.2 Å². The Hall–Kier alpha value is -2.08. The van der Waals surface area contributed by atoms with Gasteiger partial charge in [-0.15, -0.1) is 0 Å². The summed E-state index contributed by atoms with van der Waals surface area (Å²) in [5, 5.41) is 0. The Morgan fingerprint density at radius 3 is 2.88 bits per heavy atom. The van der Waals surface area contributed by atoms with Crippen molar-refractivity contribution in [3.05, 3.63) is 29.8 Å². The van der Waals surface area contributed by atoms with Gasteiger partial charge in [0.25, 0.3) is 0 Å². The fraction of sp³-hybridized carbons (Fsp3) is 0.556. The third-order valence-corrected chi connectivity index (χ3v) is 4.68. The Kier molecular flexibility index (Phi) is 5.35. The first-order chi connectivity index (χ1) is 11.7. The Morgan fingerprint density at radius 1 is 1.33 bits per heavy atom. The van der Waals surface area contributed by atoms with Gasteiger partial charge in [-0.1, -0.05) is 12.1 Å². The number of rotatable bonds is 4. The summed E-state index contributed by atoms with van der Waals surface area (Å²) in [6.45, 7) is 3.52. The molecule has 0 spiro atoms. The van der Waals surface area contributed by atoms with Gasteiger partial charge >= 0.3 is 0 Å². The van der Waals surface area contributed by atoms with E-state index in [0.29, 0.717) is 52.2 Å². The number of benzene rings is 1. The molecule has 0 saturated carbocycles. The molecule has 0 unspecified atom stereocenters. The highest BCUT2D eigenvalue weighted by molar-refractivity contribution is 5.84. The van der Waals surface area contributed by atoms with E-state index in [1.807, 2.05) is 29.2 Å². The SMILES string of the molecule is COc1cccc(CN2C[C@@H](C(=O)N3CCOCC3)CCC2=O)c1. The lowest BCUT2D eigenvalue weighted by atomic mass is 9.95. The number of amides is 2. The minimum atomic E-state index is -0.105. The van der Waals surface area contributed by atoms with E-state index in [9.17, 15) is 9.59 Å². The molecule has 24 heavy (non-hydrogen) atoms. The lowest BCUT2D eigenvalue weighted by Gasteiger charge is -2.36. The van der Waals surface area contributed by atoms with Crippen molar-refractivity contribution in [2.45, 2.75) is 19.4 Å². The van der Waals surface area contributed by atoms with Crippen molar-refractivity contribution in [3.63, 3.8) is 0 Å². The standard InChI is InChI=1S/C18H24N2O4/c1-23-16-4-2-3-14(11-16)12-20-13-15(5-6-17(20)21)18(22)19-7-9-24-10-8-19/h2-4,11,15H,5-10,12-13H2,1H3/t15-/m0/s1. The Morgan fingerprint density at radius 2 is 2.12 bits per heavy atom. The maximum atomic E-state index is 12.7. The second-order valence-electron chi connectivity index (χ2n) is 6.30. The summed E-state index contributed by atoms with van der Waals surface area (Å²) in [7, 11) is 1.63. The van der Waals surface area contributed by atoms with Crippen LogP contribution in [0.3, 0.4) is 0 Å². The molecular formula is C18H24N2O4. The van der Waals surface area contributed by atoms with Crippen molar-refractivity contribution in [1.29, 1.82) is 0 Å². The zero-order valence-corrected chi connectivity index (χ0v) is 14.1. The highest BCUT2D eigenvalue weighted by Crippen LogP contribution is 2.23. The molecule has 0 aliphatic carbocycles. The number of hydrogen-bond acceptors (Lipinski definition) is 4. The molecule has 6 heteroatoms. The molecule has 2 fully saturated rings. The van der Waals surface area contributed by atoms with Crippen LogP contribution in [-0.4, -0.2) is 61.6 Å². The maximum absolute atomic E-state index is 12.7. The van der Waals surface area contributed by atoms with E-state index in [2.05, 4.69) is 0 Å². The van der Waals surface area contributed by atoms with Crippen LogP contribution in [-0.2, 0) is 20.9 Å². The van der Waals surface area contributed by atoms with Gasteiger partial charge in [-0.2, -0.15) is 0 Å². The van der Waals surface area contributed by atoms with Crippen LogP contribution in [0.4, 0.5) is 0 Å². The number of carbonyl (C=O) groups is 2. The average Bonchev–Trinajstić information content (AvgIpc) is 2.64. The Bertz CT molecular complexity index is 598. The van der Waals surface area contributed by atoms with E-state index < -0.39 is 0 Å². The molecule has 130 valence electrons. The number of morpholine rings is 1. The van der Waals surface area contributed by atoms with Crippen molar-refractivity contribution in [2.24, 2.45) is 5.92 Å². The van der Waals surface area contributed by atoms with Crippen molar-refractivity contribution < 1.29 is 19.1 Å². The van der Waals surface area contributed by atoms with Gasteiger partial charge in [0.15, 0.2) is 0 Å². The van der Waals surface area contributed by atoms with Crippen molar-refractivity contribution >= 4 is 11.8 Å². The third-order valence-electron chi connectivity index (χ3n) is 4.68. The predicted molar refractivity (Wildman–Crippen MR) is 88.5 cm³/mol. The number of methoxy groups -OCH3 is 1. The smallest absolute Gasteiger partial charge is 0.227 e. The molecule has 2 saturated heterocycles. The number of ether oxygens (including phenoxy) is 2. The largest absolute Gasteiger partial charge is 0.497 e. The van der Waals surface area contributed by atoms with Crippen LogP contribution in [0.15, 0.2) is 24.3 Å². The minimum Gasteiger partial charge on any atom is -0.497 e. The summed E-state index contributed by atoms with van der Waals surface area (Å²) in [6, 6.07) is 7.70. The van der Waals surface area contributed by atoms with Gasteiger partial charge < -0.3 is 19.3 Å². The molecule has 0 N–H and O–H groups in total. The first-order valence-electron chi connectivity index (χ1n) is 8.44. The normalized spacial score (nSPS) is 21.7. The molecule has 6 nitrogen and oxygen atoms in total. The van der Waals surface area contributed by atoms with Crippen LogP contribution in [0.5, 0.6) is 5.75 Å². The van der Waals surface area contributed by atoms with Gasteiger partial charge in [0, 0.05) is 32.6 Å². The van der Waals surface area contributed by atoms with Crippen molar-refractivity contribution in [3.8, 4) is 5.75 Å². The molecule has 1 atom stereocenters. The first kappa shape index (κ1) is 16.8. The van der Waals surface area contributed by atoms with Crippen LogP contribution >= 0.6 is 0 Å². The highest BCUT2D eigenvalue weighted by atomic mass is 16.5. The zero-order valence-electron chi connectivity index (χ0n) is 14.1. The number of hydrogen-bond donors (Lipinski definition) is 0. The second-order valence-corrected chi connectivity index (χ2v) is 6.30. The summed E-state index contributed by atoms with van der Waals surface area (Å²) in [6.07, 6.45) is 1.08. The topological polar surface area (TPSA) is 59.1 Å².